The van der Waals surface area contributed by atoms with Crippen LogP contribution in [0.2, 0.25) is 0 Å². The lowest BCUT2D eigenvalue weighted by Gasteiger charge is -2.29. The van der Waals surface area contributed by atoms with Gasteiger partial charge in [-0.3, -0.25) is 14.4 Å². The molecule has 0 bridgehead atoms. The Kier molecular flexibility index (Phi) is 10.5. The van der Waals surface area contributed by atoms with Crippen molar-refractivity contribution in [2.24, 2.45) is 32.5 Å². The maximum absolute atomic E-state index is 12.5. The summed E-state index contributed by atoms with van der Waals surface area (Å²) < 4.78 is 5.85. The summed E-state index contributed by atoms with van der Waals surface area (Å²) in [6.07, 6.45) is 0.265. The Hall–Kier alpha value is -3.80. The SMILES string of the molecule is C/C(N)=N/N=C(\N)c1ccc(CC(=O)NCC(C)(C)COCC(C)(C)CC(=O)ON2C(=O)CCC2=O)cc1. The molecule has 2 rings (SSSR count). The van der Waals surface area contributed by atoms with E-state index in [0.717, 1.165) is 5.56 Å². The van der Waals surface area contributed by atoms with Crippen LogP contribution in [0.5, 0.6) is 0 Å². The molecule has 1 aromatic rings. The summed E-state index contributed by atoms with van der Waals surface area (Å²) in [4.78, 5) is 52.8. The van der Waals surface area contributed by atoms with E-state index in [1.54, 1.807) is 31.2 Å². The minimum absolute atomic E-state index is 0.0304. The summed E-state index contributed by atoms with van der Waals surface area (Å²) in [5.41, 5.74) is 11.9. The molecule has 0 radical (unpaired) electrons. The van der Waals surface area contributed by atoms with E-state index in [1.807, 2.05) is 27.7 Å². The van der Waals surface area contributed by atoms with Crippen LogP contribution in [0.3, 0.4) is 0 Å². The molecule has 0 aromatic heterocycles. The average Bonchev–Trinajstić information content (AvgIpc) is 3.13. The fourth-order valence-electron chi connectivity index (χ4n) is 3.46. The third-order valence-electron chi connectivity index (χ3n) is 5.50. The van der Waals surface area contributed by atoms with Crippen molar-refractivity contribution in [2.75, 3.05) is 19.8 Å². The van der Waals surface area contributed by atoms with Gasteiger partial charge in [0.2, 0.25) is 5.91 Å². The van der Waals surface area contributed by atoms with Crippen LogP contribution in [-0.2, 0) is 35.2 Å². The predicted molar refractivity (Wildman–Crippen MR) is 141 cm³/mol. The second kappa shape index (κ2) is 13.1. The molecule has 1 aromatic carbocycles. The molecule has 1 aliphatic rings. The monoisotopic (exact) mass is 530 g/mol. The van der Waals surface area contributed by atoms with Crippen molar-refractivity contribution < 1.29 is 28.8 Å². The molecule has 0 spiro atoms. The number of hydrogen-bond donors (Lipinski definition) is 3. The molecule has 1 heterocycles. The van der Waals surface area contributed by atoms with Gasteiger partial charge in [0, 0.05) is 30.4 Å². The number of nitrogens with two attached hydrogens (primary N) is 2. The van der Waals surface area contributed by atoms with Gasteiger partial charge in [0.05, 0.1) is 26.1 Å². The fourth-order valence-corrected chi connectivity index (χ4v) is 3.46. The zero-order valence-corrected chi connectivity index (χ0v) is 22.7. The topological polar surface area (TPSA) is 179 Å². The molecule has 0 atom stereocenters. The average molecular weight is 531 g/mol. The van der Waals surface area contributed by atoms with E-state index in [2.05, 4.69) is 15.5 Å². The Morgan fingerprint density at radius 3 is 2.13 bits per heavy atom. The third-order valence-corrected chi connectivity index (χ3v) is 5.50. The largest absolute Gasteiger partial charge is 0.386 e. The smallest absolute Gasteiger partial charge is 0.333 e. The molecule has 38 heavy (non-hydrogen) atoms. The number of ether oxygens (including phenoxy) is 1. The minimum atomic E-state index is -0.670. The van der Waals surface area contributed by atoms with Crippen LogP contribution in [0.4, 0.5) is 0 Å². The standard InChI is InChI=1S/C26H38N6O6/c1-17(27)30-31-24(28)19-8-6-18(7-9-19)12-20(33)29-14-26(4,5)16-37-15-25(2,3)13-23(36)38-32-21(34)10-11-22(32)35/h6-9H,10-16H2,1-5H3,(H2,27,30)(H2,28,31)(H,29,33). The van der Waals surface area contributed by atoms with Crippen molar-refractivity contribution in [3.8, 4) is 0 Å². The highest BCUT2D eigenvalue weighted by Crippen LogP contribution is 2.24. The van der Waals surface area contributed by atoms with Gasteiger partial charge >= 0.3 is 5.97 Å². The summed E-state index contributed by atoms with van der Waals surface area (Å²) in [6.45, 7) is 10.2. The van der Waals surface area contributed by atoms with E-state index in [4.69, 9.17) is 21.0 Å². The quantitative estimate of drug-likeness (QED) is 0.148. The number of amidine groups is 2. The molecule has 0 saturated carbocycles. The first-order valence-corrected chi connectivity index (χ1v) is 12.3. The number of imide groups is 1. The molecule has 12 nitrogen and oxygen atoms in total. The first-order chi connectivity index (χ1) is 17.7. The van der Waals surface area contributed by atoms with E-state index in [-0.39, 0.29) is 49.4 Å². The normalized spacial score (nSPS) is 15.1. The van der Waals surface area contributed by atoms with Gasteiger partial charge in [-0.1, -0.05) is 52.0 Å². The van der Waals surface area contributed by atoms with Crippen LogP contribution in [0.15, 0.2) is 34.5 Å². The van der Waals surface area contributed by atoms with Crippen LogP contribution >= 0.6 is 0 Å². The highest BCUT2D eigenvalue weighted by molar-refractivity contribution is 6.01. The summed E-state index contributed by atoms with van der Waals surface area (Å²) >= 11 is 0. The lowest BCUT2D eigenvalue weighted by Crippen LogP contribution is -2.38. The fraction of sp³-hybridized carbons (Fsp3) is 0.538. The number of carbonyl (C=O) groups is 4. The second-order valence-corrected chi connectivity index (χ2v) is 10.9. The number of nitrogens with zero attached hydrogens (tertiary/aromatic N) is 3. The Morgan fingerprint density at radius 1 is 0.974 bits per heavy atom. The molecule has 12 heteroatoms. The molecular formula is C26H38N6O6. The number of carbonyl (C=O) groups excluding carboxylic acids is 4. The van der Waals surface area contributed by atoms with E-state index in [9.17, 15) is 19.2 Å². The molecule has 3 amide bonds. The number of amides is 3. The van der Waals surface area contributed by atoms with Gasteiger partial charge in [-0.15, -0.1) is 15.3 Å². The van der Waals surface area contributed by atoms with Gasteiger partial charge in [-0.05, 0) is 17.9 Å². The Bertz CT molecular complexity index is 1070. The van der Waals surface area contributed by atoms with E-state index < -0.39 is 23.2 Å². The molecule has 0 unspecified atom stereocenters. The van der Waals surface area contributed by atoms with E-state index in [0.29, 0.717) is 29.6 Å². The first-order valence-electron chi connectivity index (χ1n) is 12.3. The van der Waals surface area contributed by atoms with Crippen molar-refractivity contribution in [3.63, 3.8) is 0 Å². The van der Waals surface area contributed by atoms with Gasteiger partial charge < -0.3 is 26.4 Å². The van der Waals surface area contributed by atoms with Gasteiger partial charge in [0.15, 0.2) is 5.84 Å². The van der Waals surface area contributed by atoms with Crippen LogP contribution in [-0.4, -0.2) is 60.2 Å². The first kappa shape index (κ1) is 30.4. The van der Waals surface area contributed by atoms with Crippen molar-refractivity contribution >= 4 is 35.4 Å². The molecule has 1 aliphatic heterocycles. The molecule has 0 aliphatic carbocycles. The van der Waals surface area contributed by atoms with E-state index >= 15 is 0 Å². The summed E-state index contributed by atoms with van der Waals surface area (Å²) in [7, 11) is 0. The van der Waals surface area contributed by atoms with Gasteiger partial charge in [0.25, 0.3) is 11.8 Å². The van der Waals surface area contributed by atoms with Crippen molar-refractivity contribution in [2.45, 2.75) is 60.3 Å². The molecular weight excluding hydrogens is 492 g/mol. The van der Waals surface area contributed by atoms with Crippen molar-refractivity contribution in [3.05, 3.63) is 35.4 Å². The zero-order valence-electron chi connectivity index (χ0n) is 22.7. The van der Waals surface area contributed by atoms with Gasteiger partial charge in [-0.25, -0.2) is 4.79 Å². The second-order valence-electron chi connectivity index (χ2n) is 10.9. The van der Waals surface area contributed by atoms with Crippen molar-refractivity contribution in [1.29, 1.82) is 0 Å². The van der Waals surface area contributed by atoms with Crippen molar-refractivity contribution in [1.82, 2.24) is 10.4 Å². The van der Waals surface area contributed by atoms with Crippen LogP contribution < -0.4 is 16.8 Å². The van der Waals surface area contributed by atoms with Crippen LogP contribution in [0.1, 0.15) is 65.0 Å². The Labute approximate surface area is 222 Å². The zero-order chi connectivity index (χ0) is 28.5. The summed E-state index contributed by atoms with van der Waals surface area (Å²) in [6, 6.07) is 7.12. The lowest BCUT2D eigenvalue weighted by atomic mass is 9.90. The summed E-state index contributed by atoms with van der Waals surface area (Å²) in [5.74, 6) is -1.31. The maximum Gasteiger partial charge on any atom is 0.333 e. The summed E-state index contributed by atoms with van der Waals surface area (Å²) in [5, 5.41) is 11.0. The van der Waals surface area contributed by atoms with Gasteiger partial charge in [-0.2, -0.15) is 0 Å². The molecule has 1 saturated heterocycles. The lowest BCUT2D eigenvalue weighted by molar-refractivity contribution is -0.199. The molecule has 208 valence electrons. The third kappa shape index (κ3) is 10.3. The van der Waals surface area contributed by atoms with Crippen LogP contribution in [0, 0.1) is 10.8 Å². The Balaban J connectivity index is 1.74. The highest BCUT2D eigenvalue weighted by Gasteiger charge is 2.34. The molecule has 1 fully saturated rings. The van der Waals surface area contributed by atoms with Gasteiger partial charge in [0.1, 0.15) is 5.84 Å². The minimum Gasteiger partial charge on any atom is -0.386 e. The van der Waals surface area contributed by atoms with Crippen LogP contribution in [0.25, 0.3) is 0 Å². The number of benzene rings is 1. The highest BCUT2D eigenvalue weighted by atomic mass is 16.7. The molecule has 5 N–H and O–H groups in total. The maximum atomic E-state index is 12.5. The predicted octanol–water partition coefficient (Wildman–Crippen LogP) is 1.41. The number of hydrogen-bond acceptors (Lipinski definition) is 8. The number of rotatable bonds is 13. The number of nitrogens with one attached hydrogen (secondary N) is 1. The Morgan fingerprint density at radius 2 is 1.55 bits per heavy atom. The number of hydroxylamine groups is 2. The van der Waals surface area contributed by atoms with E-state index in [1.165, 1.54) is 0 Å².